The highest BCUT2D eigenvalue weighted by atomic mass is 16.5. The van der Waals surface area contributed by atoms with E-state index in [-0.39, 0.29) is 11.8 Å². The first-order chi connectivity index (χ1) is 11.6. The lowest BCUT2D eigenvalue weighted by Crippen LogP contribution is -2.39. The Labute approximate surface area is 141 Å². The molecule has 0 N–H and O–H groups in total. The van der Waals surface area contributed by atoms with Crippen LogP contribution in [0.15, 0.2) is 18.3 Å². The lowest BCUT2D eigenvalue weighted by Gasteiger charge is -2.23. The number of methoxy groups -OCH3 is 2. The van der Waals surface area contributed by atoms with Crippen LogP contribution in [0.5, 0.6) is 5.75 Å². The van der Waals surface area contributed by atoms with Gasteiger partial charge in [-0.25, -0.2) is 4.98 Å². The Morgan fingerprint density at radius 3 is 2.88 bits per heavy atom. The van der Waals surface area contributed by atoms with Gasteiger partial charge >= 0.3 is 0 Å². The van der Waals surface area contributed by atoms with Crippen molar-refractivity contribution in [3.05, 3.63) is 24.0 Å². The number of carbonyl (C=O) groups excluding carboxylic acids is 2. The fraction of sp³-hybridized carbons (Fsp3) is 0.588. The molecule has 7 heteroatoms. The van der Waals surface area contributed by atoms with Crippen molar-refractivity contribution < 1.29 is 19.1 Å². The molecule has 0 radical (unpaired) electrons. The molecule has 2 saturated heterocycles. The smallest absolute Gasteiger partial charge is 0.276 e. The van der Waals surface area contributed by atoms with Crippen LogP contribution in [-0.4, -0.2) is 73.6 Å². The molecule has 0 bridgehead atoms. The topological polar surface area (TPSA) is 72.0 Å². The quantitative estimate of drug-likeness (QED) is 0.797. The molecule has 1 atom stereocenters. The highest BCUT2D eigenvalue weighted by Crippen LogP contribution is 2.41. The molecule has 0 saturated carbocycles. The molecule has 1 spiro atoms. The Balaban J connectivity index is 1.71. The predicted molar refractivity (Wildman–Crippen MR) is 86.8 cm³/mol. The first-order valence-electron chi connectivity index (χ1n) is 8.18. The lowest BCUT2D eigenvalue weighted by molar-refractivity contribution is -0.135. The molecule has 1 aromatic rings. The van der Waals surface area contributed by atoms with Crippen molar-refractivity contribution in [2.75, 3.05) is 47.0 Å². The first-order valence-corrected chi connectivity index (χ1v) is 8.18. The minimum atomic E-state index is -0.439. The van der Waals surface area contributed by atoms with E-state index >= 15 is 0 Å². The molecule has 0 aliphatic carbocycles. The second-order valence-corrected chi connectivity index (χ2v) is 6.35. The molecule has 7 nitrogen and oxygen atoms in total. The van der Waals surface area contributed by atoms with E-state index in [1.807, 2.05) is 4.90 Å². The fourth-order valence-corrected chi connectivity index (χ4v) is 3.60. The Bertz CT molecular complexity index is 636. The lowest BCUT2D eigenvalue weighted by atomic mass is 9.85. The number of amides is 2. The molecule has 2 aliphatic heterocycles. The third-order valence-electron chi connectivity index (χ3n) is 5.00. The zero-order chi connectivity index (χ0) is 17.2. The third-order valence-corrected chi connectivity index (χ3v) is 5.00. The van der Waals surface area contributed by atoms with E-state index in [1.54, 1.807) is 30.3 Å². The molecule has 24 heavy (non-hydrogen) atoms. The zero-order valence-electron chi connectivity index (χ0n) is 14.2. The Morgan fingerprint density at radius 1 is 1.33 bits per heavy atom. The van der Waals surface area contributed by atoms with Crippen LogP contribution in [0.25, 0.3) is 0 Å². The van der Waals surface area contributed by atoms with Crippen LogP contribution in [0.3, 0.4) is 0 Å². The first kappa shape index (κ1) is 16.7. The summed E-state index contributed by atoms with van der Waals surface area (Å²) in [6.07, 6.45) is 3.07. The average Bonchev–Trinajstić information content (AvgIpc) is 3.18. The van der Waals surface area contributed by atoms with Crippen LogP contribution in [0.2, 0.25) is 0 Å². The van der Waals surface area contributed by atoms with E-state index in [0.29, 0.717) is 44.1 Å². The second kappa shape index (κ2) is 6.76. The highest BCUT2D eigenvalue weighted by Gasteiger charge is 2.51. The minimum absolute atomic E-state index is 0.142. The summed E-state index contributed by atoms with van der Waals surface area (Å²) >= 11 is 0. The molecule has 2 fully saturated rings. The van der Waals surface area contributed by atoms with Gasteiger partial charge in [-0.15, -0.1) is 0 Å². The summed E-state index contributed by atoms with van der Waals surface area (Å²) in [5.74, 6) is 0.429. The normalized spacial score (nSPS) is 23.3. The molecular weight excluding hydrogens is 310 g/mol. The van der Waals surface area contributed by atoms with Gasteiger partial charge in [-0.05, 0) is 25.0 Å². The van der Waals surface area contributed by atoms with Gasteiger partial charge in [0.1, 0.15) is 5.75 Å². The molecule has 2 amide bonds. The van der Waals surface area contributed by atoms with Crippen LogP contribution in [0, 0.1) is 5.41 Å². The fourth-order valence-electron chi connectivity index (χ4n) is 3.60. The van der Waals surface area contributed by atoms with E-state index < -0.39 is 5.41 Å². The Kier molecular flexibility index (Phi) is 4.71. The van der Waals surface area contributed by atoms with Crippen molar-refractivity contribution in [2.24, 2.45) is 5.41 Å². The monoisotopic (exact) mass is 333 g/mol. The minimum Gasteiger partial charge on any atom is -0.494 e. The molecule has 1 aromatic heterocycles. The highest BCUT2D eigenvalue weighted by molar-refractivity contribution is 5.96. The van der Waals surface area contributed by atoms with Gasteiger partial charge < -0.3 is 19.3 Å². The van der Waals surface area contributed by atoms with Crippen molar-refractivity contribution in [1.29, 1.82) is 0 Å². The van der Waals surface area contributed by atoms with Gasteiger partial charge in [0.25, 0.3) is 5.91 Å². The number of rotatable bonds is 5. The van der Waals surface area contributed by atoms with Crippen molar-refractivity contribution in [3.63, 3.8) is 0 Å². The van der Waals surface area contributed by atoms with E-state index in [0.717, 1.165) is 13.0 Å². The zero-order valence-corrected chi connectivity index (χ0v) is 14.2. The van der Waals surface area contributed by atoms with E-state index in [1.165, 1.54) is 7.11 Å². The van der Waals surface area contributed by atoms with Gasteiger partial charge in [-0.3, -0.25) is 9.59 Å². The number of aromatic nitrogens is 1. The van der Waals surface area contributed by atoms with Crippen LogP contribution < -0.4 is 4.74 Å². The number of likely N-dealkylation sites (tertiary alicyclic amines) is 2. The molecule has 3 rings (SSSR count). The molecule has 0 aromatic carbocycles. The molecular formula is C17H23N3O4. The summed E-state index contributed by atoms with van der Waals surface area (Å²) in [7, 11) is 3.15. The van der Waals surface area contributed by atoms with E-state index in [9.17, 15) is 9.59 Å². The number of carbonyl (C=O) groups is 2. The van der Waals surface area contributed by atoms with Crippen LogP contribution in [0.4, 0.5) is 0 Å². The van der Waals surface area contributed by atoms with Crippen LogP contribution in [-0.2, 0) is 9.53 Å². The van der Waals surface area contributed by atoms with Gasteiger partial charge in [-0.1, -0.05) is 0 Å². The summed E-state index contributed by atoms with van der Waals surface area (Å²) in [5, 5.41) is 0. The Morgan fingerprint density at radius 2 is 2.12 bits per heavy atom. The number of hydrogen-bond acceptors (Lipinski definition) is 5. The third kappa shape index (κ3) is 2.84. The maximum absolute atomic E-state index is 12.8. The number of hydrogen-bond donors (Lipinski definition) is 0. The van der Waals surface area contributed by atoms with Gasteiger partial charge in [0.2, 0.25) is 5.91 Å². The standard InChI is InChI=1S/C17H23N3O4/c1-23-11-10-19-8-5-17(16(19)22)6-9-20(12-17)15(21)14-13(24-2)4-3-7-18-14/h3-4,7H,5-6,8-12H2,1-2H3. The summed E-state index contributed by atoms with van der Waals surface area (Å²) in [4.78, 5) is 33.2. The van der Waals surface area contributed by atoms with Crippen molar-refractivity contribution >= 4 is 11.8 Å². The van der Waals surface area contributed by atoms with Gasteiger partial charge in [-0.2, -0.15) is 0 Å². The maximum atomic E-state index is 12.8. The largest absolute Gasteiger partial charge is 0.494 e. The predicted octanol–water partition coefficient (Wildman–Crippen LogP) is 0.801. The summed E-state index contributed by atoms with van der Waals surface area (Å²) in [5.41, 5.74) is -0.135. The second-order valence-electron chi connectivity index (χ2n) is 6.35. The van der Waals surface area contributed by atoms with E-state index in [4.69, 9.17) is 9.47 Å². The van der Waals surface area contributed by atoms with E-state index in [2.05, 4.69) is 4.98 Å². The molecule has 2 aliphatic rings. The van der Waals surface area contributed by atoms with Crippen molar-refractivity contribution in [2.45, 2.75) is 12.8 Å². The van der Waals surface area contributed by atoms with Crippen molar-refractivity contribution in [1.82, 2.24) is 14.8 Å². The van der Waals surface area contributed by atoms with Crippen LogP contribution >= 0.6 is 0 Å². The van der Waals surface area contributed by atoms with Gasteiger partial charge in [0.05, 0.1) is 19.1 Å². The summed E-state index contributed by atoms with van der Waals surface area (Å²) in [6.45, 7) is 2.90. The maximum Gasteiger partial charge on any atom is 0.276 e. The molecule has 130 valence electrons. The molecule has 1 unspecified atom stereocenters. The van der Waals surface area contributed by atoms with Gasteiger partial charge in [0.15, 0.2) is 5.69 Å². The Hall–Kier alpha value is -2.15. The number of ether oxygens (including phenoxy) is 2. The number of pyridine rings is 1. The summed E-state index contributed by atoms with van der Waals surface area (Å²) in [6, 6.07) is 3.45. The van der Waals surface area contributed by atoms with Crippen molar-refractivity contribution in [3.8, 4) is 5.75 Å². The SMILES string of the molecule is COCCN1CCC2(CCN(C(=O)c3ncccc3OC)C2)C1=O. The number of nitrogens with zero attached hydrogens (tertiary/aromatic N) is 3. The summed E-state index contributed by atoms with van der Waals surface area (Å²) < 4.78 is 10.3. The average molecular weight is 333 g/mol. The molecule has 3 heterocycles. The van der Waals surface area contributed by atoms with Crippen LogP contribution in [0.1, 0.15) is 23.3 Å². The van der Waals surface area contributed by atoms with Gasteiger partial charge in [0, 0.05) is 39.5 Å².